The minimum Gasteiger partial charge on any atom is -0.384 e. The monoisotopic (exact) mass is 486 g/mol. The highest BCUT2D eigenvalue weighted by Crippen LogP contribution is 2.33. The highest BCUT2D eigenvalue weighted by atomic mass is 16.1. The Morgan fingerprint density at radius 1 is 0.833 bits per heavy atom. The molecule has 1 atom stereocenters. The van der Waals surface area contributed by atoms with E-state index in [1.165, 1.54) is 92.1 Å². The summed E-state index contributed by atoms with van der Waals surface area (Å²) in [6.07, 6.45) is 17.2. The van der Waals surface area contributed by atoms with Gasteiger partial charge in [0.05, 0.1) is 5.52 Å². The van der Waals surface area contributed by atoms with Gasteiger partial charge in [0.2, 0.25) is 5.56 Å². The molecule has 0 aliphatic heterocycles. The molecule has 1 aromatic carbocycles. The summed E-state index contributed by atoms with van der Waals surface area (Å²) in [7, 11) is 0. The van der Waals surface area contributed by atoms with Crippen LogP contribution in [0.15, 0.2) is 41.2 Å². The number of fused-ring (bicyclic) bond motifs is 3. The van der Waals surface area contributed by atoms with Crippen LogP contribution in [0.2, 0.25) is 0 Å². The molecule has 5 heteroatoms. The molecule has 0 saturated heterocycles. The van der Waals surface area contributed by atoms with Crippen molar-refractivity contribution in [2.75, 3.05) is 18.4 Å². The highest BCUT2D eigenvalue weighted by molar-refractivity contribution is 5.93. The summed E-state index contributed by atoms with van der Waals surface area (Å²) in [5.74, 6) is 0. The summed E-state index contributed by atoms with van der Waals surface area (Å²) >= 11 is 0. The van der Waals surface area contributed by atoms with E-state index in [9.17, 15) is 4.79 Å². The number of H-pyrrole nitrogens is 1. The first-order valence-corrected chi connectivity index (χ1v) is 14.4. The van der Waals surface area contributed by atoms with E-state index in [-0.39, 0.29) is 5.56 Å². The second-order valence-corrected chi connectivity index (χ2v) is 10.7. The summed E-state index contributed by atoms with van der Waals surface area (Å²) in [5, 5.41) is 8.83. The van der Waals surface area contributed by atoms with Crippen molar-refractivity contribution in [3.05, 3.63) is 69.3 Å². The summed E-state index contributed by atoms with van der Waals surface area (Å²) in [6, 6.07) is 12.7. The molecule has 0 saturated carbocycles. The first-order chi connectivity index (χ1) is 17.8. The first kappa shape index (κ1) is 25.0. The van der Waals surface area contributed by atoms with Gasteiger partial charge in [-0.25, -0.2) is 0 Å². The van der Waals surface area contributed by atoms with Gasteiger partial charge in [-0.05, 0) is 81.5 Å². The Bertz CT molecular complexity index is 1200. The molecule has 2 aromatic heterocycles. The van der Waals surface area contributed by atoms with E-state index in [0.717, 1.165) is 50.0 Å². The quantitative estimate of drug-likeness (QED) is 0.252. The number of para-hydroxylation sites is 1. The third-order valence-electron chi connectivity index (χ3n) is 8.05. The lowest BCUT2D eigenvalue weighted by Gasteiger charge is -2.26. The lowest BCUT2D eigenvalue weighted by molar-refractivity contribution is 0.443. The molecule has 3 N–H and O–H groups in total. The number of anilines is 1. The average Bonchev–Trinajstić information content (AvgIpc) is 2.91. The van der Waals surface area contributed by atoms with Gasteiger partial charge in [-0.15, -0.1) is 0 Å². The van der Waals surface area contributed by atoms with Gasteiger partial charge < -0.3 is 15.6 Å². The third kappa shape index (κ3) is 6.18. The Kier molecular flexibility index (Phi) is 8.71. The van der Waals surface area contributed by atoms with Crippen molar-refractivity contribution in [1.29, 1.82) is 0 Å². The number of aromatic nitrogens is 2. The fraction of sp³-hybridized carbons (Fsp3) is 0.548. The van der Waals surface area contributed by atoms with Crippen LogP contribution in [-0.2, 0) is 19.3 Å². The maximum Gasteiger partial charge on any atom is 0.248 e. The Morgan fingerprint density at radius 3 is 2.50 bits per heavy atom. The molecule has 36 heavy (non-hydrogen) atoms. The lowest BCUT2D eigenvalue weighted by atomic mass is 9.91. The van der Waals surface area contributed by atoms with Crippen molar-refractivity contribution in [2.45, 2.75) is 95.9 Å². The molecule has 0 spiro atoms. The van der Waals surface area contributed by atoms with Gasteiger partial charge in [0, 0.05) is 41.1 Å². The summed E-state index contributed by atoms with van der Waals surface area (Å²) in [6.45, 7) is 2.12. The zero-order valence-corrected chi connectivity index (χ0v) is 21.7. The van der Waals surface area contributed by atoms with Gasteiger partial charge in [0.15, 0.2) is 0 Å². The van der Waals surface area contributed by atoms with Crippen LogP contribution in [-0.4, -0.2) is 23.1 Å². The van der Waals surface area contributed by atoms with Crippen molar-refractivity contribution in [3.8, 4) is 0 Å². The smallest absolute Gasteiger partial charge is 0.248 e. The molecule has 2 aliphatic carbocycles. The highest BCUT2D eigenvalue weighted by Gasteiger charge is 2.20. The van der Waals surface area contributed by atoms with Gasteiger partial charge in [-0.2, -0.15) is 0 Å². The van der Waals surface area contributed by atoms with E-state index in [2.05, 4.69) is 39.9 Å². The van der Waals surface area contributed by atoms with E-state index in [4.69, 9.17) is 4.98 Å². The SMILES string of the molecule is O=c1ccc2c([nH]1)CCC[C@@H]2NCCCCCCCCCNc1c2c(nc3ccccc13)CCCC2. The van der Waals surface area contributed by atoms with Crippen LogP contribution in [0.3, 0.4) is 0 Å². The number of nitrogens with zero attached hydrogens (tertiary/aromatic N) is 1. The molecule has 2 aliphatic rings. The van der Waals surface area contributed by atoms with E-state index in [0.29, 0.717) is 6.04 Å². The van der Waals surface area contributed by atoms with Crippen LogP contribution in [0.5, 0.6) is 0 Å². The topological polar surface area (TPSA) is 69.8 Å². The van der Waals surface area contributed by atoms with E-state index < -0.39 is 0 Å². The van der Waals surface area contributed by atoms with Crippen molar-refractivity contribution in [1.82, 2.24) is 15.3 Å². The van der Waals surface area contributed by atoms with Gasteiger partial charge in [-0.1, -0.05) is 56.4 Å². The maximum absolute atomic E-state index is 11.6. The van der Waals surface area contributed by atoms with Gasteiger partial charge in [0.25, 0.3) is 0 Å². The zero-order chi connectivity index (χ0) is 24.6. The van der Waals surface area contributed by atoms with Crippen LogP contribution in [0, 0.1) is 0 Å². The second-order valence-electron chi connectivity index (χ2n) is 10.7. The number of pyridine rings is 2. The maximum atomic E-state index is 11.6. The summed E-state index contributed by atoms with van der Waals surface area (Å²) in [4.78, 5) is 19.6. The van der Waals surface area contributed by atoms with Crippen molar-refractivity contribution < 1.29 is 0 Å². The molecule has 192 valence electrons. The molecular weight excluding hydrogens is 444 g/mol. The molecule has 5 rings (SSSR count). The van der Waals surface area contributed by atoms with Crippen molar-refractivity contribution in [2.24, 2.45) is 0 Å². The molecule has 0 amide bonds. The van der Waals surface area contributed by atoms with E-state index >= 15 is 0 Å². The number of hydrogen-bond acceptors (Lipinski definition) is 4. The van der Waals surface area contributed by atoms with Gasteiger partial charge in [0.1, 0.15) is 0 Å². The van der Waals surface area contributed by atoms with Crippen LogP contribution in [0.4, 0.5) is 5.69 Å². The van der Waals surface area contributed by atoms with Gasteiger partial charge in [-0.3, -0.25) is 9.78 Å². The molecule has 5 nitrogen and oxygen atoms in total. The van der Waals surface area contributed by atoms with Crippen molar-refractivity contribution in [3.63, 3.8) is 0 Å². The molecule has 0 unspecified atom stereocenters. The number of hydrogen-bond donors (Lipinski definition) is 3. The van der Waals surface area contributed by atoms with Crippen LogP contribution < -0.4 is 16.2 Å². The number of aromatic amines is 1. The average molecular weight is 487 g/mol. The minimum absolute atomic E-state index is 0.0231. The van der Waals surface area contributed by atoms with E-state index in [1.807, 2.05) is 6.07 Å². The van der Waals surface area contributed by atoms with Gasteiger partial charge >= 0.3 is 0 Å². The van der Waals surface area contributed by atoms with E-state index in [1.54, 1.807) is 6.07 Å². The Balaban J connectivity index is 0.964. The number of nitrogens with one attached hydrogen (secondary N) is 3. The molecular formula is C31H42N4O. The largest absolute Gasteiger partial charge is 0.384 e. The number of aryl methyl sites for hydroxylation is 2. The number of rotatable bonds is 12. The van der Waals surface area contributed by atoms with Crippen LogP contribution >= 0.6 is 0 Å². The molecule has 2 heterocycles. The molecule has 3 aromatic rings. The first-order valence-electron chi connectivity index (χ1n) is 14.4. The number of unbranched alkanes of at least 4 members (excludes halogenated alkanes) is 6. The predicted molar refractivity (Wildman–Crippen MR) is 150 cm³/mol. The Labute approximate surface area is 215 Å². The minimum atomic E-state index is 0.0231. The zero-order valence-electron chi connectivity index (χ0n) is 21.7. The molecule has 0 radical (unpaired) electrons. The normalized spacial score (nSPS) is 17.1. The van der Waals surface area contributed by atoms with Crippen LogP contribution in [0.1, 0.15) is 99.2 Å². The fourth-order valence-electron chi connectivity index (χ4n) is 6.11. The third-order valence-corrected chi connectivity index (χ3v) is 8.05. The van der Waals surface area contributed by atoms with Crippen molar-refractivity contribution >= 4 is 16.6 Å². The van der Waals surface area contributed by atoms with Crippen LogP contribution in [0.25, 0.3) is 10.9 Å². The molecule has 0 fully saturated rings. The molecule has 0 bridgehead atoms. The lowest BCUT2D eigenvalue weighted by Crippen LogP contribution is -2.28. The summed E-state index contributed by atoms with van der Waals surface area (Å²) in [5.41, 5.74) is 7.74. The number of benzene rings is 1. The standard InChI is InChI=1S/C31H42N4O/c36-30-20-19-23-26(17-12-18-27(23)35-30)32-21-10-4-2-1-3-5-11-22-33-31-24-13-6-8-15-28(24)34-29-16-9-7-14-25(29)31/h6,8,13,15,19-20,26,32H,1-5,7,9-12,14,16-18,21-22H2,(H,33,34)(H,35,36)/t26-/m0/s1. The Morgan fingerprint density at radius 2 is 1.61 bits per heavy atom. The Hall–Kier alpha value is -2.66. The predicted octanol–water partition coefficient (Wildman–Crippen LogP) is 6.61. The second kappa shape index (κ2) is 12.5. The summed E-state index contributed by atoms with van der Waals surface area (Å²) < 4.78 is 0. The fourth-order valence-corrected chi connectivity index (χ4v) is 6.11.